The molecule has 1 aliphatic heterocycles. The minimum absolute atomic E-state index is 0.225. The number of carbonyl (C=O) groups excluding carboxylic acids is 1. The molecule has 1 saturated heterocycles. The van der Waals surface area contributed by atoms with Gasteiger partial charge in [0.15, 0.2) is 0 Å². The van der Waals surface area contributed by atoms with Gasteiger partial charge < -0.3 is 9.64 Å². The van der Waals surface area contributed by atoms with Crippen LogP contribution in [-0.4, -0.2) is 39.5 Å². The lowest BCUT2D eigenvalue weighted by Crippen LogP contribution is -2.43. The summed E-state index contributed by atoms with van der Waals surface area (Å²) in [5.74, 6) is 0.184. The van der Waals surface area contributed by atoms with Crippen molar-refractivity contribution in [3.63, 3.8) is 0 Å². The van der Waals surface area contributed by atoms with Gasteiger partial charge in [0.1, 0.15) is 15.1 Å². The summed E-state index contributed by atoms with van der Waals surface area (Å²) in [7, 11) is 0. The van der Waals surface area contributed by atoms with E-state index in [9.17, 15) is 9.18 Å². The first-order chi connectivity index (χ1) is 12.2. The van der Waals surface area contributed by atoms with E-state index in [4.69, 9.17) is 4.74 Å². The molecule has 1 aromatic carbocycles. The molecule has 0 bridgehead atoms. The van der Waals surface area contributed by atoms with Crippen LogP contribution in [-0.2, 0) is 11.3 Å². The molecule has 0 aliphatic carbocycles. The van der Waals surface area contributed by atoms with Crippen molar-refractivity contribution in [2.45, 2.75) is 52.2 Å². The number of carbonyl (C=O) groups is 1. The largest absolute Gasteiger partial charge is 0.444 e. The van der Waals surface area contributed by atoms with Crippen molar-refractivity contribution in [3.05, 3.63) is 27.7 Å². The smallest absolute Gasteiger partial charge is 0.410 e. The monoisotopic (exact) mass is 473 g/mol. The number of nitrogens with zero attached hydrogens (tertiary/aromatic N) is 3. The van der Waals surface area contributed by atoms with Crippen LogP contribution in [0, 0.1) is 15.4 Å². The third-order valence-corrected chi connectivity index (χ3v) is 5.38. The van der Waals surface area contributed by atoms with Crippen molar-refractivity contribution < 1.29 is 13.9 Å². The van der Waals surface area contributed by atoms with E-state index >= 15 is 0 Å². The third-order valence-electron chi connectivity index (χ3n) is 4.59. The maximum absolute atomic E-state index is 13.4. The third kappa shape index (κ3) is 4.66. The van der Waals surface area contributed by atoms with E-state index in [1.165, 1.54) is 12.1 Å². The Bertz CT molecular complexity index is 800. The van der Waals surface area contributed by atoms with Gasteiger partial charge in [0.05, 0.1) is 5.52 Å². The lowest BCUT2D eigenvalue weighted by atomic mass is 9.95. The maximum Gasteiger partial charge on any atom is 0.410 e. The number of benzene rings is 1. The second kappa shape index (κ2) is 7.70. The van der Waals surface area contributed by atoms with Crippen molar-refractivity contribution in [2.75, 3.05) is 13.1 Å². The van der Waals surface area contributed by atoms with Gasteiger partial charge in [-0.05, 0) is 86.7 Å². The SMILES string of the molecule is CC(C)(C)OC(=O)N1CCCC(CCn2nc(I)c3cc(F)ccc32)C1. The summed E-state index contributed by atoms with van der Waals surface area (Å²) in [5.41, 5.74) is 0.486. The first-order valence-electron chi connectivity index (χ1n) is 9.02. The molecule has 1 amide bonds. The molecule has 1 unspecified atom stereocenters. The van der Waals surface area contributed by atoms with Crippen molar-refractivity contribution in [3.8, 4) is 0 Å². The van der Waals surface area contributed by atoms with Crippen LogP contribution >= 0.6 is 22.6 Å². The summed E-state index contributed by atoms with van der Waals surface area (Å²) in [4.78, 5) is 14.1. The number of fused-ring (bicyclic) bond motifs is 1. The number of aromatic nitrogens is 2. The molecule has 0 spiro atoms. The van der Waals surface area contributed by atoms with Crippen molar-refractivity contribution in [1.82, 2.24) is 14.7 Å². The van der Waals surface area contributed by atoms with Crippen LogP contribution in [0.4, 0.5) is 9.18 Å². The molecule has 2 heterocycles. The van der Waals surface area contributed by atoms with E-state index in [0.29, 0.717) is 5.92 Å². The summed E-state index contributed by atoms with van der Waals surface area (Å²) in [6.45, 7) is 7.91. The van der Waals surface area contributed by atoms with Gasteiger partial charge in [0.25, 0.3) is 0 Å². The van der Waals surface area contributed by atoms with Gasteiger partial charge in [-0.1, -0.05) is 0 Å². The first-order valence-corrected chi connectivity index (χ1v) is 10.1. The quantitative estimate of drug-likeness (QED) is 0.601. The number of hydrogen-bond donors (Lipinski definition) is 0. The molecule has 1 atom stereocenters. The van der Waals surface area contributed by atoms with Gasteiger partial charge in [0.2, 0.25) is 0 Å². The van der Waals surface area contributed by atoms with E-state index < -0.39 is 5.60 Å². The van der Waals surface area contributed by atoms with E-state index in [0.717, 1.165) is 53.5 Å². The van der Waals surface area contributed by atoms with E-state index in [1.807, 2.05) is 30.4 Å². The number of amides is 1. The molecule has 5 nitrogen and oxygen atoms in total. The van der Waals surface area contributed by atoms with Crippen molar-refractivity contribution in [2.24, 2.45) is 5.92 Å². The summed E-state index contributed by atoms with van der Waals surface area (Å²) < 4.78 is 21.7. The van der Waals surface area contributed by atoms with E-state index in [2.05, 4.69) is 27.7 Å². The molecule has 1 aliphatic rings. The summed E-state index contributed by atoms with van der Waals surface area (Å²) in [5, 5.41) is 5.40. The number of rotatable bonds is 3. The van der Waals surface area contributed by atoms with Crippen LogP contribution in [0.25, 0.3) is 10.9 Å². The highest BCUT2D eigenvalue weighted by atomic mass is 127. The van der Waals surface area contributed by atoms with Gasteiger partial charge in [-0.3, -0.25) is 4.68 Å². The first kappa shape index (κ1) is 19.4. The fourth-order valence-electron chi connectivity index (χ4n) is 3.38. The molecule has 1 fully saturated rings. The predicted octanol–water partition coefficient (Wildman–Crippen LogP) is 4.82. The molecule has 7 heteroatoms. The molecular weight excluding hydrogens is 448 g/mol. The number of likely N-dealkylation sites (tertiary alicyclic amines) is 1. The average Bonchev–Trinajstić information content (AvgIpc) is 2.87. The Labute approximate surface area is 167 Å². The van der Waals surface area contributed by atoms with Crippen LogP contribution in [0.5, 0.6) is 0 Å². The van der Waals surface area contributed by atoms with Crippen LogP contribution < -0.4 is 0 Å². The molecular formula is C19H25FIN3O2. The summed E-state index contributed by atoms with van der Waals surface area (Å²) in [6, 6.07) is 4.79. The molecule has 0 N–H and O–H groups in total. The van der Waals surface area contributed by atoms with E-state index in [1.54, 1.807) is 6.07 Å². The number of aryl methyl sites for hydroxylation is 1. The average molecular weight is 473 g/mol. The van der Waals surface area contributed by atoms with Gasteiger partial charge in [-0.2, -0.15) is 5.10 Å². The highest BCUT2D eigenvalue weighted by Crippen LogP contribution is 2.25. The lowest BCUT2D eigenvalue weighted by Gasteiger charge is -2.34. The normalized spacial score (nSPS) is 18.3. The van der Waals surface area contributed by atoms with Crippen LogP contribution in [0.3, 0.4) is 0 Å². The van der Waals surface area contributed by atoms with Crippen molar-refractivity contribution >= 4 is 39.6 Å². The topological polar surface area (TPSA) is 47.4 Å². The van der Waals surface area contributed by atoms with E-state index in [-0.39, 0.29) is 11.9 Å². The zero-order chi connectivity index (χ0) is 18.9. The molecule has 0 saturated carbocycles. The molecule has 142 valence electrons. The lowest BCUT2D eigenvalue weighted by molar-refractivity contribution is 0.0159. The fourth-order valence-corrected chi connectivity index (χ4v) is 4.07. The highest BCUT2D eigenvalue weighted by molar-refractivity contribution is 14.1. The fraction of sp³-hybridized carbons (Fsp3) is 0.579. The number of halogens is 2. The summed E-state index contributed by atoms with van der Waals surface area (Å²) >= 11 is 2.15. The van der Waals surface area contributed by atoms with Gasteiger partial charge in [-0.15, -0.1) is 0 Å². The Morgan fingerprint density at radius 1 is 1.42 bits per heavy atom. The van der Waals surface area contributed by atoms with Gasteiger partial charge >= 0.3 is 6.09 Å². The predicted molar refractivity (Wildman–Crippen MR) is 108 cm³/mol. The minimum atomic E-state index is -0.468. The Morgan fingerprint density at radius 3 is 2.92 bits per heavy atom. The van der Waals surface area contributed by atoms with Crippen LogP contribution in [0.2, 0.25) is 0 Å². The minimum Gasteiger partial charge on any atom is -0.444 e. The molecule has 2 aromatic rings. The van der Waals surface area contributed by atoms with Gasteiger partial charge in [0, 0.05) is 25.0 Å². The second-order valence-electron chi connectivity index (χ2n) is 7.90. The van der Waals surface area contributed by atoms with Crippen LogP contribution in [0.15, 0.2) is 18.2 Å². The molecule has 1 aromatic heterocycles. The Balaban J connectivity index is 1.62. The van der Waals surface area contributed by atoms with Gasteiger partial charge in [-0.25, -0.2) is 9.18 Å². The molecule has 26 heavy (non-hydrogen) atoms. The second-order valence-corrected chi connectivity index (χ2v) is 8.92. The number of hydrogen-bond acceptors (Lipinski definition) is 3. The number of piperidine rings is 1. The zero-order valence-corrected chi connectivity index (χ0v) is 17.6. The Morgan fingerprint density at radius 2 is 2.19 bits per heavy atom. The Kier molecular flexibility index (Phi) is 5.74. The standard InChI is InChI=1S/C19H25FIN3O2/c1-19(2,3)26-18(25)23-9-4-5-13(12-23)8-10-24-16-7-6-14(20)11-15(16)17(21)22-24/h6-7,11,13H,4-5,8-10,12H2,1-3H3. The molecule has 0 radical (unpaired) electrons. The van der Waals surface area contributed by atoms with Crippen LogP contribution in [0.1, 0.15) is 40.0 Å². The number of ether oxygens (including phenoxy) is 1. The maximum atomic E-state index is 13.4. The zero-order valence-electron chi connectivity index (χ0n) is 15.5. The highest BCUT2D eigenvalue weighted by Gasteiger charge is 2.27. The Hall–Kier alpha value is -1.38. The molecule has 3 rings (SSSR count). The van der Waals surface area contributed by atoms with Crippen molar-refractivity contribution in [1.29, 1.82) is 0 Å². The summed E-state index contributed by atoms with van der Waals surface area (Å²) in [6.07, 6.45) is 2.80.